The molecule has 2 amide bonds. The fraction of sp³-hybridized carbons (Fsp3) is 0.444. The van der Waals surface area contributed by atoms with Crippen LogP contribution in [-0.2, 0) is 20.8 Å². The predicted molar refractivity (Wildman–Crippen MR) is 93.5 cm³/mol. The van der Waals surface area contributed by atoms with Crippen molar-refractivity contribution in [2.75, 3.05) is 0 Å². The van der Waals surface area contributed by atoms with Crippen LogP contribution in [0.3, 0.4) is 0 Å². The number of nitrogens with one attached hydrogen (secondary N) is 1. The Kier molecular flexibility index (Phi) is 4.19. The van der Waals surface area contributed by atoms with E-state index in [1.54, 1.807) is 18.2 Å². The number of halogens is 1. The van der Waals surface area contributed by atoms with Crippen LogP contribution in [0.2, 0.25) is 5.02 Å². The first kappa shape index (κ1) is 17.0. The summed E-state index contributed by atoms with van der Waals surface area (Å²) in [6, 6.07) is 3.87. The third kappa shape index (κ3) is 2.76. The van der Waals surface area contributed by atoms with Crippen molar-refractivity contribution in [2.24, 2.45) is 11.8 Å². The Balaban J connectivity index is 1.64. The number of carboxylic acids is 1. The maximum Gasteiger partial charge on any atom is 0.327 e. The van der Waals surface area contributed by atoms with Gasteiger partial charge in [0.1, 0.15) is 11.9 Å². The van der Waals surface area contributed by atoms with E-state index in [0.29, 0.717) is 34.7 Å². The highest BCUT2D eigenvalue weighted by atomic mass is 35.5. The Bertz CT molecular complexity index is 885. The predicted octanol–water partition coefficient (Wildman–Crippen LogP) is 2.39. The zero-order valence-electron chi connectivity index (χ0n) is 13.9. The molecule has 2 N–H and O–H groups in total. The van der Waals surface area contributed by atoms with E-state index in [4.69, 9.17) is 11.6 Å². The van der Waals surface area contributed by atoms with Crippen LogP contribution in [0.25, 0.3) is 11.0 Å². The Morgan fingerprint density at radius 1 is 1.27 bits per heavy atom. The molecule has 0 unspecified atom stereocenters. The van der Waals surface area contributed by atoms with E-state index < -0.39 is 12.0 Å². The number of hydrogen-bond acceptors (Lipinski definition) is 4. The summed E-state index contributed by atoms with van der Waals surface area (Å²) < 4.78 is 0. The van der Waals surface area contributed by atoms with Crippen LogP contribution in [0.15, 0.2) is 18.2 Å². The molecule has 1 aromatic carbocycles. The smallest absolute Gasteiger partial charge is 0.327 e. The van der Waals surface area contributed by atoms with Gasteiger partial charge in [0.15, 0.2) is 0 Å². The molecule has 0 bridgehead atoms. The Morgan fingerprint density at radius 2 is 1.92 bits per heavy atom. The van der Waals surface area contributed by atoms with Crippen molar-refractivity contribution in [1.29, 1.82) is 0 Å². The molecule has 8 heteroatoms. The normalized spacial score (nSPS) is 24.1. The maximum absolute atomic E-state index is 12.7. The lowest BCUT2D eigenvalue weighted by molar-refractivity contribution is -0.155. The lowest BCUT2D eigenvalue weighted by Gasteiger charge is -2.22. The van der Waals surface area contributed by atoms with Gasteiger partial charge in [-0.15, -0.1) is 0 Å². The minimum absolute atomic E-state index is 0.0570. The fourth-order valence-corrected chi connectivity index (χ4v) is 4.27. The molecule has 0 radical (unpaired) electrons. The lowest BCUT2D eigenvalue weighted by Crippen LogP contribution is -2.47. The molecule has 2 aromatic rings. The van der Waals surface area contributed by atoms with Crippen LogP contribution in [-0.4, -0.2) is 43.8 Å². The Morgan fingerprint density at radius 3 is 2.54 bits per heavy atom. The summed E-state index contributed by atoms with van der Waals surface area (Å²) in [5.41, 5.74) is 1.34. The SMILES string of the molecule is O=C(O)[C@@H](Cc1nc2ccc(Cl)cc2[nH]1)N1C(=O)[C@H]2CCCC[C@H]2C1=O. The van der Waals surface area contributed by atoms with Gasteiger partial charge in [-0.3, -0.25) is 14.5 Å². The van der Waals surface area contributed by atoms with Crippen LogP contribution < -0.4 is 0 Å². The second-order valence-corrected chi connectivity index (χ2v) is 7.38. The summed E-state index contributed by atoms with van der Waals surface area (Å²) in [7, 11) is 0. The van der Waals surface area contributed by atoms with E-state index in [0.717, 1.165) is 17.7 Å². The second kappa shape index (κ2) is 6.39. The van der Waals surface area contributed by atoms with Crippen molar-refractivity contribution in [2.45, 2.75) is 38.1 Å². The first-order chi connectivity index (χ1) is 12.5. The minimum atomic E-state index is -1.25. The largest absolute Gasteiger partial charge is 0.480 e. The molecule has 1 aromatic heterocycles. The van der Waals surface area contributed by atoms with E-state index in [2.05, 4.69) is 9.97 Å². The monoisotopic (exact) mass is 375 g/mol. The average molecular weight is 376 g/mol. The zero-order chi connectivity index (χ0) is 18.4. The molecule has 4 rings (SSSR count). The summed E-state index contributed by atoms with van der Waals surface area (Å²) in [4.78, 5) is 45.6. The standard InChI is InChI=1S/C18H18ClN3O4/c19-9-5-6-12-13(7-9)21-15(20-12)8-14(18(25)26)22-16(23)10-3-1-2-4-11(10)17(22)24/h5-7,10-11,14H,1-4,8H2,(H,20,21)(H,25,26)/t10-,11+,14-/m1/s1. The molecule has 2 fully saturated rings. The molecule has 0 spiro atoms. The van der Waals surface area contributed by atoms with Crippen LogP contribution in [0.4, 0.5) is 0 Å². The topological polar surface area (TPSA) is 103 Å². The van der Waals surface area contributed by atoms with Gasteiger partial charge in [0, 0.05) is 11.4 Å². The average Bonchev–Trinajstić information content (AvgIpc) is 3.12. The molecule has 1 saturated heterocycles. The molecule has 26 heavy (non-hydrogen) atoms. The van der Waals surface area contributed by atoms with Crippen molar-refractivity contribution in [3.05, 3.63) is 29.0 Å². The van der Waals surface area contributed by atoms with Crippen molar-refractivity contribution >= 4 is 40.4 Å². The number of likely N-dealkylation sites (tertiary alicyclic amines) is 1. The number of carbonyl (C=O) groups is 3. The first-order valence-corrected chi connectivity index (χ1v) is 9.07. The van der Waals surface area contributed by atoms with Gasteiger partial charge < -0.3 is 10.1 Å². The number of benzene rings is 1. The van der Waals surface area contributed by atoms with E-state index in [1.807, 2.05) is 0 Å². The molecule has 1 saturated carbocycles. The van der Waals surface area contributed by atoms with E-state index in [1.165, 1.54) is 0 Å². The van der Waals surface area contributed by atoms with E-state index in [-0.39, 0.29) is 30.1 Å². The van der Waals surface area contributed by atoms with Crippen molar-refractivity contribution in [1.82, 2.24) is 14.9 Å². The molecule has 2 heterocycles. The maximum atomic E-state index is 12.7. The highest BCUT2D eigenvalue weighted by molar-refractivity contribution is 6.31. The summed E-state index contributed by atoms with van der Waals surface area (Å²) in [5, 5.41) is 10.2. The summed E-state index contributed by atoms with van der Waals surface area (Å²) in [6.07, 6.45) is 3.05. The van der Waals surface area contributed by atoms with Gasteiger partial charge >= 0.3 is 5.97 Å². The van der Waals surface area contributed by atoms with Crippen LogP contribution in [0.1, 0.15) is 31.5 Å². The number of carbonyl (C=O) groups excluding carboxylic acids is 2. The fourth-order valence-electron chi connectivity index (χ4n) is 4.10. The molecule has 7 nitrogen and oxygen atoms in total. The molecular weight excluding hydrogens is 358 g/mol. The molecule has 1 aliphatic carbocycles. The van der Waals surface area contributed by atoms with Gasteiger partial charge in [-0.1, -0.05) is 24.4 Å². The molecule has 1 aliphatic heterocycles. The number of H-pyrrole nitrogens is 1. The molecule has 3 atom stereocenters. The van der Waals surface area contributed by atoms with Crippen molar-refractivity contribution in [3.8, 4) is 0 Å². The number of carboxylic acid groups (broad SMARTS) is 1. The Labute approximate surface area is 154 Å². The van der Waals surface area contributed by atoms with Crippen LogP contribution >= 0.6 is 11.6 Å². The van der Waals surface area contributed by atoms with Crippen LogP contribution in [0.5, 0.6) is 0 Å². The number of imidazole rings is 1. The number of imide groups is 1. The summed E-state index contributed by atoms with van der Waals surface area (Å²) in [6.45, 7) is 0. The summed E-state index contributed by atoms with van der Waals surface area (Å²) in [5.74, 6) is -2.24. The minimum Gasteiger partial charge on any atom is -0.480 e. The third-order valence-corrected chi connectivity index (χ3v) is 5.59. The number of nitrogens with zero attached hydrogens (tertiary/aromatic N) is 2. The molecule has 2 aliphatic rings. The van der Waals surface area contributed by atoms with Gasteiger partial charge in [0.2, 0.25) is 11.8 Å². The van der Waals surface area contributed by atoms with Gasteiger partial charge in [-0.25, -0.2) is 9.78 Å². The number of hydrogen-bond donors (Lipinski definition) is 2. The third-order valence-electron chi connectivity index (χ3n) is 5.35. The van der Waals surface area contributed by atoms with Gasteiger partial charge in [-0.2, -0.15) is 0 Å². The molecular formula is C18H18ClN3O4. The number of aromatic nitrogens is 2. The highest BCUT2D eigenvalue weighted by Gasteiger charge is 2.52. The van der Waals surface area contributed by atoms with Gasteiger partial charge in [0.25, 0.3) is 0 Å². The zero-order valence-corrected chi connectivity index (χ0v) is 14.7. The Hall–Kier alpha value is -2.41. The quantitative estimate of drug-likeness (QED) is 0.798. The highest BCUT2D eigenvalue weighted by Crippen LogP contribution is 2.39. The number of rotatable bonds is 4. The van der Waals surface area contributed by atoms with Crippen molar-refractivity contribution < 1.29 is 19.5 Å². The summed E-state index contributed by atoms with van der Waals surface area (Å²) >= 11 is 5.96. The first-order valence-electron chi connectivity index (χ1n) is 8.69. The number of fused-ring (bicyclic) bond motifs is 2. The molecule has 136 valence electrons. The van der Waals surface area contributed by atoms with E-state index in [9.17, 15) is 19.5 Å². The van der Waals surface area contributed by atoms with Gasteiger partial charge in [-0.05, 0) is 31.0 Å². The number of amides is 2. The van der Waals surface area contributed by atoms with Crippen LogP contribution in [0, 0.1) is 11.8 Å². The second-order valence-electron chi connectivity index (χ2n) is 6.95. The number of aromatic amines is 1. The van der Waals surface area contributed by atoms with Crippen molar-refractivity contribution in [3.63, 3.8) is 0 Å². The lowest BCUT2D eigenvalue weighted by atomic mass is 9.81. The number of aliphatic carboxylic acids is 1. The van der Waals surface area contributed by atoms with E-state index >= 15 is 0 Å². The van der Waals surface area contributed by atoms with Gasteiger partial charge in [0.05, 0.1) is 22.9 Å².